The Labute approximate surface area is 123 Å². The number of aliphatic carboxylic acids is 2. The lowest BCUT2D eigenvalue weighted by molar-refractivity contribution is -0.155. The molecule has 1 saturated heterocycles. The van der Waals surface area contributed by atoms with E-state index in [4.69, 9.17) is 14.9 Å². The summed E-state index contributed by atoms with van der Waals surface area (Å²) in [5.41, 5.74) is -0.589. The molecule has 7 heteroatoms. The van der Waals surface area contributed by atoms with Gasteiger partial charge in [0.1, 0.15) is 5.60 Å². The molecule has 0 aromatic heterocycles. The van der Waals surface area contributed by atoms with Gasteiger partial charge in [0.2, 0.25) is 0 Å². The van der Waals surface area contributed by atoms with Crippen LogP contribution in [0.5, 0.6) is 0 Å². The molecule has 1 atom stereocenters. The Morgan fingerprint density at radius 3 is 2.29 bits per heavy atom. The van der Waals surface area contributed by atoms with Gasteiger partial charge in [-0.15, -0.1) is 0 Å². The van der Waals surface area contributed by atoms with Crippen molar-refractivity contribution in [2.75, 3.05) is 13.1 Å². The fourth-order valence-electron chi connectivity index (χ4n) is 2.39. The number of hydrogen-bond acceptors (Lipinski definition) is 4. The quantitative estimate of drug-likeness (QED) is 0.767. The molecule has 1 rings (SSSR count). The molecule has 0 saturated carbocycles. The zero-order valence-corrected chi connectivity index (χ0v) is 12.7. The molecule has 1 fully saturated rings. The predicted molar refractivity (Wildman–Crippen MR) is 73.9 cm³/mol. The molecule has 21 heavy (non-hydrogen) atoms. The molecule has 1 amide bonds. The number of carbonyl (C=O) groups excluding carboxylic acids is 1. The number of carboxylic acids is 2. The lowest BCUT2D eigenvalue weighted by atomic mass is 9.88. The van der Waals surface area contributed by atoms with Gasteiger partial charge in [0.25, 0.3) is 0 Å². The minimum Gasteiger partial charge on any atom is -0.481 e. The molecule has 120 valence electrons. The van der Waals surface area contributed by atoms with Crippen LogP contribution in [0.15, 0.2) is 0 Å². The smallest absolute Gasteiger partial charge is 0.410 e. The van der Waals surface area contributed by atoms with Crippen LogP contribution in [0.25, 0.3) is 0 Å². The van der Waals surface area contributed by atoms with Crippen molar-refractivity contribution >= 4 is 18.0 Å². The molecule has 0 aromatic carbocycles. The maximum Gasteiger partial charge on any atom is 0.410 e. The van der Waals surface area contributed by atoms with Crippen molar-refractivity contribution in [3.8, 4) is 0 Å². The summed E-state index contributed by atoms with van der Waals surface area (Å²) in [6.07, 6.45) is 1.03. The number of likely N-dealkylation sites (tertiary alicyclic amines) is 1. The van der Waals surface area contributed by atoms with Gasteiger partial charge in [-0.3, -0.25) is 9.59 Å². The van der Waals surface area contributed by atoms with Crippen molar-refractivity contribution in [2.45, 2.75) is 45.6 Å². The third-order valence-corrected chi connectivity index (χ3v) is 3.34. The first kappa shape index (κ1) is 17.3. The molecule has 1 aliphatic heterocycles. The van der Waals surface area contributed by atoms with E-state index in [0.29, 0.717) is 13.1 Å². The highest BCUT2D eigenvalue weighted by Crippen LogP contribution is 2.25. The molecular weight excluding hydrogens is 278 g/mol. The molecule has 1 heterocycles. The summed E-state index contributed by atoms with van der Waals surface area (Å²) in [6, 6.07) is 0. The van der Waals surface area contributed by atoms with E-state index in [-0.39, 0.29) is 12.3 Å². The normalized spacial score (nSPS) is 19.4. The minimum absolute atomic E-state index is 0.0317. The first-order valence-electron chi connectivity index (χ1n) is 7.03. The van der Waals surface area contributed by atoms with Crippen molar-refractivity contribution in [1.82, 2.24) is 4.90 Å². The van der Waals surface area contributed by atoms with Gasteiger partial charge in [0, 0.05) is 13.1 Å². The second kappa shape index (κ2) is 6.78. The number of nitrogens with zero attached hydrogens (tertiary/aromatic N) is 1. The van der Waals surface area contributed by atoms with E-state index in [1.54, 1.807) is 20.8 Å². The van der Waals surface area contributed by atoms with Crippen molar-refractivity contribution in [3.63, 3.8) is 0 Å². The average molecular weight is 301 g/mol. The van der Waals surface area contributed by atoms with Gasteiger partial charge in [-0.25, -0.2) is 4.79 Å². The topological polar surface area (TPSA) is 104 Å². The number of piperidine rings is 1. The van der Waals surface area contributed by atoms with Crippen LogP contribution >= 0.6 is 0 Å². The Kier molecular flexibility index (Phi) is 5.57. The number of carbonyl (C=O) groups is 3. The molecule has 1 aliphatic rings. The number of amides is 1. The van der Waals surface area contributed by atoms with Crippen LogP contribution in [0, 0.1) is 11.8 Å². The van der Waals surface area contributed by atoms with Gasteiger partial charge in [0.15, 0.2) is 5.92 Å². The Morgan fingerprint density at radius 1 is 1.24 bits per heavy atom. The highest BCUT2D eigenvalue weighted by Gasteiger charge is 2.33. The molecule has 0 aromatic rings. The van der Waals surface area contributed by atoms with Gasteiger partial charge in [-0.1, -0.05) is 0 Å². The second-order valence-electron chi connectivity index (χ2n) is 6.40. The standard InChI is InChI=1S/C14H23NO6/c1-14(2,3)21-13(20)15-6-4-5-9(8-15)7-10(11(16)17)12(18)19/h9-10H,4-8H2,1-3H3,(H,16,17)(H,18,19). The highest BCUT2D eigenvalue weighted by atomic mass is 16.6. The summed E-state index contributed by atoms with van der Waals surface area (Å²) in [7, 11) is 0. The number of carboxylic acid groups (broad SMARTS) is 2. The first-order valence-corrected chi connectivity index (χ1v) is 7.03. The van der Waals surface area contributed by atoms with E-state index in [2.05, 4.69) is 0 Å². The number of hydrogen-bond donors (Lipinski definition) is 2. The van der Waals surface area contributed by atoms with E-state index < -0.39 is 29.6 Å². The summed E-state index contributed by atoms with van der Waals surface area (Å²) in [5.74, 6) is -4.23. The van der Waals surface area contributed by atoms with Crippen molar-refractivity contribution in [2.24, 2.45) is 11.8 Å². The van der Waals surface area contributed by atoms with Gasteiger partial charge in [0.05, 0.1) is 0 Å². The van der Waals surface area contributed by atoms with Crippen LogP contribution in [-0.4, -0.2) is 51.8 Å². The van der Waals surface area contributed by atoms with Crippen molar-refractivity contribution < 1.29 is 29.3 Å². The zero-order chi connectivity index (χ0) is 16.2. The van der Waals surface area contributed by atoms with E-state index in [9.17, 15) is 14.4 Å². The molecule has 0 radical (unpaired) electrons. The third-order valence-electron chi connectivity index (χ3n) is 3.34. The maximum atomic E-state index is 12.0. The monoisotopic (exact) mass is 301 g/mol. The lowest BCUT2D eigenvalue weighted by Crippen LogP contribution is -2.43. The Morgan fingerprint density at radius 2 is 1.81 bits per heavy atom. The average Bonchev–Trinajstić information content (AvgIpc) is 2.33. The fourth-order valence-corrected chi connectivity index (χ4v) is 2.39. The molecule has 7 nitrogen and oxygen atoms in total. The first-order chi connectivity index (χ1) is 9.60. The number of ether oxygens (including phenoxy) is 1. The summed E-state index contributed by atoms with van der Waals surface area (Å²) >= 11 is 0. The van der Waals surface area contributed by atoms with Crippen molar-refractivity contribution in [1.29, 1.82) is 0 Å². The fraction of sp³-hybridized carbons (Fsp3) is 0.786. The largest absolute Gasteiger partial charge is 0.481 e. The van der Waals surface area contributed by atoms with Crippen LogP contribution in [0.2, 0.25) is 0 Å². The van der Waals surface area contributed by atoms with Crippen molar-refractivity contribution in [3.05, 3.63) is 0 Å². The third kappa shape index (κ3) is 5.61. The van der Waals surface area contributed by atoms with Crippen LogP contribution < -0.4 is 0 Å². The maximum absolute atomic E-state index is 12.0. The highest BCUT2D eigenvalue weighted by molar-refractivity contribution is 5.92. The van der Waals surface area contributed by atoms with E-state index in [1.807, 2.05) is 0 Å². The molecule has 0 spiro atoms. The van der Waals surface area contributed by atoms with E-state index in [1.165, 1.54) is 4.90 Å². The SMILES string of the molecule is CC(C)(C)OC(=O)N1CCCC(CC(C(=O)O)C(=O)O)C1. The van der Waals surface area contributed by atoms with Crippen LogP contribution in [0.4, 0.5) is 4.79 Å². The summed E-state index contributed by atoms with van der Waals surface area (Å²) < 4.78 is 5.28. The second-order valence-corrected chi connectivity index (χ2v) is 6.40. The summed E-state index contributed by atoms with van der Waals surface area (Å²) in [6.45, 7) is 6.22. The summed E-state index contributed by atoms with van der Waals surface area (Å²) in [5, 5.41) is 17.8. The Bertz CT molecular complexity index is 400. The van der Waals surface area contributed by atoms with Crippen LogP contribution in [-0.2, 0) is 14.3 Å². The van der Waals surface area contributed by atoms with Crippen LogP contribution in [0.1, 0.15) is 40.0 Å². The molecule has 2 N–H and O–H groups in total. The molecule has 0 bridgehead atoms. The van der Waals surface area contributed by atoms with E-state index in [0.717, 1.165) is 12.8 Å². The zero-order valence-electron chi connectivity index (χ0n) is 12.7. The van der Waals surface area contributed by atoms with Gasteiger partial charge in [-0.05, 0) is 46.0 Å². The molecule has 1 unspecified atom stereocenters. The summed E-state index contributed by atoms with van der Waals surface area (Å²) in [4.78, 5) is 35.4. The molecule has 0 aliphatic carbocycles. The minimum atomic E-state index is -1.42. The lowest BCUT2D eigenvalue weighted by Gasteiger charge is -2.34. The molecular formula is C14H23NO6. The predicted octanol–water partition coefficient (Wildman–Crippen LogP) is 1.81. The van der Waals surface area contributed by atoms with Crippen LogP contribution in [0.3, 0.4) is 0 Å². The Balaban J connectivity index is 2.61. The number of rotatable bonds is 4. The van der Waals surface area contributed by atoms with Gasteiger partial charge in [-0.2, -0.15) is 0 Å². The van der Waals surface area contributed by atoms with E-state index >= 15 is 0 Å². The van der Waals surface area contributed by atoms with Gasteiger partial charge >= 0.3 is 18.0 Å². The Hall–Kier alpha value is -1.79. The van der Waals surface area contributed by atoms with Gasteiger partial charge < -0.3 is 19.8 Å².